The first-order valence-electron chi connectivity index (χ1n) is 8.18. The molecule has 0 spiro atoms. The SMILES string of the molecule is CCCCN(CCNCCCOC(C)C)C(C)CC. The molecular formula is C16H36N2O. The van der Waals surface area contributed by atoms with Crippen LogP contribution >= 0.6 is 0 Å². The maximum absolute atomic E-state index is 5.53. The molecule has 3 nitrogen and oxygen atoms in total. The Kier molecular flexibility index (Phi) is 12.8. The Morgan fingerprint density at radius 3 is 2.32 bits per heavy atom. The highest BCUT2D eigenvalue weighted by atomic mass is 16.5. The minimum atomic E-state index is 0.356. The zero-order chi connectivity index (χ0) is 14.5. The predicted molar refractivity (Wildman–Crippen MR) is 84.8 cm³/mol. The van der Waals surface area contributed by atoms with Crippen molar-refractivity contribution in [1.82, 2.24) is 10.2 Å². The minimum Gasteiger partial charge on any atom is -0.379 e. The van der Waals surface area contributed by atoms with Crippen LogP contribution in [0.5, 0.6) is 0 Å². The third kappa shape index (κ3) is 11.4. The summed E-state index contributed by atoms with van der Waals surface area (Å²) in [6.45, 7) is 16.5. The van der Waals surface area contributed by atoms with Gasteiger partial charge in [-0.1, -0.05) is 20.3 Å². The molecule has 1 N–H and O–H groups in total. The van der Waals surface area contributed by atoms with E-state index in [1.54, 1.807) is 0 Å². The van der Waals surface area contributed by atoms with Crippen LogP contribution in [0.4, 0.5) is 0 Å². The van der Waals surface area contributed by atoms with Crippen molar-refractivity contribution in [2.75, 3.05) is 32.8 Å². The average Bonchev–Trinajstić information content (AvgIpc) is 2.39. The van der Waals surface area contributed by atoms with Gasteiger partial charge in [0.1, 0.15) is 0 Å². The molecule has 0 amide bonds. The zero-order valence-corrected chi connectivity index (χ0v) is 13.9. The van der Waals surface area contributed by atoms with E-state index in [9.17, 15) is 0 Å². The van der Waals surface area contributed by atoms with E-state index in [0.717, 1.165) is 26.1 Å². The number of hydrogen-bond acceptors (Lipinski definition) is 3. The molecule has 0 heterocycles. The molecule has 0 saturated heterocycles. The lowest BCUT2D eigenvalue weighted by Crippen LogP contribution is -2.39. The average molecular weight is 272 g/mol. The lowest BCUT2D eigenvalue weighted by molar-refractivity contribution is 0.0769. The topological polar surface area (TPSA) is 24.5 Å². The standard InChI is InChI=1S/C16H36N2O/c1-6-8-12-18(16(5)7-2)13-11-17-10-9-14-19-15(3)4/h15-17H,6-14H2,1-5H3. The van der Waals surface area contributed by atoms with Gasteiger partial charge in [-0.15, -0.1) is 0 Å². The van der Waals surface area contributed by atoms with Gasteiger partial charge in [-0.2, -0.15) is 0 Å². The van der Waals surface area contributed by atoms with E-state index in [1.807, 2.05) is 0 Å². The molecule has 0 aliphatic heterocycles. The van der Waals surface area contributed by atoms with Crippen molar-refractivity contribution in [3.63, 3.8) is 0 Å². The first-order valence-corrected chi connectivity index (χ1v) is 8.18. The van der Waals surface area contributed by atoms with Gasteiger partial charge in [0.2, 0.25) is 0 Å². The van der Waals surface area contributed by atoms with Gasteiger partial charge in [-0.25, -0.2) is 0 Å². The summed E-state index contributed by atoms with van der Waals surface area (Å²) in [6.07, 6.45) is 5.30. The Morgan fingerprint density at radius 2 is 1.74 bits per heavy atom. The van der Waals surface area contributed by atoms with Crippen LogP contribution in [0.1, 0.15) is 60.3 Å². The fraction of sp³-hybridized carbons (Fsp3) is 1.00. The van der Waals surface area contributed by atoms with Gasteiger partial charge in [0, 0.05) is 25.7 Å². The van der Waals surface area contributed by atoms with Crippen molar-refractivity contribution in [2.45, 2.75) is 72.4 Å². The van der Waals surface area contributed by atoms with E-state index in [2.05, 4.69) is 44.8 Å². The van der Waals surface area contributed by atoms with Gasteiger partial charge in [-0.3, -0.25) is 4.90 Å². The summed E-state index contributed by atoms with van der Waals surface area (Å²) in [7, 11) is 0. The molecule has 3 heteroatoms. The summed E-state index contributed by atoms with van der Waals surface area (Å²) in [6, 6.07) is 0.706. The molecule has 0 radical (unpaired) electrons. The maximum Gasteiger partial charge on any atom is 0.0518 e. The number of unbranched alkanes of at least 4 members (excludes halogenated alkanes) is 1. The molecule has 0 aromatic carbocycles. The first-order chi connectivity index (χ1) is 9.11. The fourth-order valence-corrected chi connectivity index (χ4v) is 2.04. The highest BCUT2D eigenvalue weighted by Gasteiger charge is 2.10. The molecule has 0 aromatic rings. The Balaban J connectivity index is 3.57. The molecule has 0 aromatic heterocycles. The number of hydrogen-bond donors (Lipinski definition) is 1. The molecule has 0 aliphatic carbocycles. The zero-order valence-electron chi connectivity index (χ0n) is 13.9. The van der Waals surface area contributed by atoms with Crippen LogP contribution in [0.2, 0.25) is 0 Å². The first kappa shape index (κ1) is 18.9. The molecule has 1 unspecified atom stereocenters. The quantitative estimate of drug-likeness (QED) is 0.521. The molecule has 0 bridgehead atoms. The number of nitrogens with one attached hydrogen (secondary N) is 1. The largest absolute Gasteiger partial charge is 0.379 e. The van der Waals surface area contributed by atoms with Crippen LogP contribution in [-0.4, -0.2) is 49.8 Å². The number of ether oxygens (including phenoxy) is 1. The Labute approximate surface area is 121 Å². The predicted octanol–water partition coefficient (Wildman–Crippen LogP) is 3.29. The Morgan fingerprint density at radius 1 is 1.00 bits per heavy atom. The number of rotatable bonds is 13. The van der Waals surface area contributed by atoms with Crippen molar-refractivity contribution < 1.29 is 4.74 Å². The normalized spacial score (nSPS) is 13.4. The van der Waals surface area contributed by atoms with Crippen LogP contribution in [0.15, 0.2) is 0 Å². The molecule has 1 atom stereocenters. The Bertz CT molecular complexity index is 186. The lowest BCUT2D eigenvalue weighted by atomic mass is 10.2. The minimum absolute atomic E-state index is 0.356. The molecule has 19 heavy (non-hydrogen) atoms. The van der Waals surface area contributed by atoms with Crippen LogP contribution in [0, 0.1) is 0 Å². The fourth-order valence-electron chi connectivity index (χ4n) is 2.04. The summed E-state index contributed by atoms with van der Waals surface area (Å²) in [4.78, 5) is 2.61. The molecule has 0 saturated carbocycles. The van der Waals surface area contributed by atoms with Crippen molar-refractivity contribution in [3.8, 4) is 0 Å². The van der Waals surface area contributed by atoms with Gasteiger partial charge >= 0.3 is 0 Å². The third-order valence-corrected chi connectivity index (χ3v) is 3.54. The molecular weight excluding hydrogens is 236 g/mol. The summed E-state index contributed by atoms with van der Waals surface area (Å²) in [5.41, 5.74) is 0. The van der Waals surface area contributed by atoms with Crippen LogP contribution in [0.25, 0.3) is 0 Å². The van der Waals surface area contributed by atoms with Crippen molar-refractivity contribution in [1.29, 1.82) is 0 Å². The van der Waals surface area contributed by atoms with E-state index < -0.39 is 0 Å². The van der Waals surface area contributed by atoms with Gasteiger partial charge in [-0.05, 0) is 53.1 Å². The molecule has 0 aliphatic rings. The van der Waals surface area contributed by atoms with Gasteiger partial charge in [0.15, 0.2) is 0 Å². The smallest absolute Gasteiger partial charge is 0.0518 e. The van der Waals surface area contributed by atoms with E-state index in [-0.39, 0.29) is 0 Å². The second-order valence-corrected chi connectivity index (χ2v) is 5.67. The number of nitrogens with zero attached hydrogens (tertiary/aromatic N) is 1. The second kappa shape index (κ2) is 12.9. The van der Waals surface area contributed by atoms with Gasteiger partial charge in [0.25, 0.3) is 0 Å². The molecule has 116 valence electrons. The second-order valence-electron chi connectivity index (χ2n) is 5.67. The summed E-state index contributed by atoms with van der Waals surface area (Å²) in [5, 5.41) is 3.52. The van der Waals surface area contributed by atoms with Crippen LogP contribution in [0.3, 0.4) is 0 Å². The summed E-state index contributed by atoms with van der Waals surface area (Å²) in [5.74, 6) is 0. The highest BCUT2D eigenvalue weighted by Crippen LogP contribution is 2.04. The van der Waals surface area contributed by atoms with E-state index in [1.165, 1.54) is 32.4 Å². The Hall–Kier alpha value is -0.120. The lowest BCUT2D eigenvalue weighted by Gasteiger charge is -2.28. The monoisotopic (exact) mass is 272 g/mol. The van der Waals surface area contributed by atoms with Gasteiger partial charge in [0.05, 0.1) is 6.10 Å². The van der Waals surface area contributed by atoms with Crippen LogP contribution < -0.4 is 5.32 Å². The van der Waals surface area contributed by atoms with E-state index >= 15 is 0 Å². The molecule has 0 rings (SSSR count). The van der Waals surface area contributed by atoms with Crippen molar-refractivity contribution >= 4 is 0 Å². The van der Waals surface area contributed by atoms with Crippen molar-refractivity contribution in [3.05, 3.63) is 0 Å². The van der Waals surface area contributed by atoms with Crippen molar-refractivity contribution in [2.24, 2.45) is 0 Å². The third-order valence-electron chi connectivity index (χ3n) is 3.54. The maximum atomic E-state index is 5.53. The highest BCUT2D eigenvalue weighted by molar-refractivity contribution is 4.67. The summed E-state index contributed by atoms with van der Waals surface area (Å²) < 4.78 is 5.53. The van der Waals surface area contributed by atoms with E-state index in [4.69, 9.17) is 4.74 Å². The van der Waals surface area contributed by atoms with E-state index in [0.29, 0.717) is 12.1 Å². The molecule has 0 fully saturated rings. The summed E-state index contributed by atoms with van der Waals surface area (Å²) >= 11 is 0. The van der Waals surface area contributed by atoms with Crippen LogP contribution in [-0.2, 0) is 4.74 Å². The van der Waals surface area contributed by atoms with Gasteiger partial charge < -0.3 is 10.1 Å².